The predicted octanol–water partition coefficient (Wildman–Crippen LogP) is 1.97. The lowest BCUT2D eigenvalue weighted by Crippen LogP contribution is -2.21. The number of hydrogen-bond donors (Lipinski definition) is 2. The van der Waals surface area contributed by atoms with Crippen LogP contribution in [0.4, 0.5) is 13.2 Å². The maximum atomic E-state index is 12.6. The largest absolute Gasteiger partial charge is 0.417 e. The first kappa shape index (κ1) is 13.3. The molecule has 8 heteroatoms. The van der Waals surface area contributed by atoms with Gasteiger partial charge in [-0.2, -0.15) is 18.3 Å². The lowest BCUT2D eigenvalue weighted by atomic mass is 10.1. The normalized spacial score (nSPS) is 11.8. The first-order valence-electron chi connectivity index (χ1n) is 4.30. The molecule has 17 heavy (non-hydrogen) atoms. The Labute approximate surface area is 99.8 Å². The Kier molecular flexibility index (Phi) is 3.95. The van der Waals surface area contributed by atoms with E-state index in [0.717, 1.165) is 12.3 Å². The molecule has 92 valence electrons. The highest BCUT2D eigenvalue weighted by Crippen LogP contribution is 2.33. The van der Waals surface area contributed by atoms with Gasteiger partial charge in [-0.25, -0.2) is 0 Å². The maximum absolute atomic E-state index is 12.6. The first-order valence-corrected chi connectivity index (χ1v) is 4.68. The minimum absolute atomic E-state index is 0.0885. The summed E-state index contributed by atoms with van der Waals surface area (Å²) in [6.45, 7) is 0. The minimum Gasteiger partial charge on any atom is -0.369 e. The molecule has 1 aromatic carbocycles. The molecule has 0 atom stereocenters. The zero-order valence-electron chi connectivity index (χ0n) is 8.37. The fourth-order valence-electron chi connectivity index (χ4n) is 1.07. The molecule has 0 spiro atoms. The smallest absolute Gasteiger partial charge is 0.369 e. The van der Waals surface area contributed by atoms with Gasteiger partial charge < -0.3 is 11.5 Å². The van der Waals surface area contributed by atoms with Gasteiger partial charge in [0.2, 0.25) is 5.96 Å². The maximum Gasteiger partial charge on any atom is 0.417 e. The van der Waals surface area contributed by atoms with Crippen LogP contribution in [-0.4, -0.2) is 12.2 Å². The number of alkyl halides is 3. The third kappa shape index (κ3) is 3.63. The minimum atomic E-state index is -4.52. The van der Waals surface area contributed by atoms with Crippen molar-refractivity contribution in [2.45, 2.75) is 6.18 Å². The highest BCUT2D eigenvalue weighted by atomic mass is 35.5. The summed E-state index contributed by atoms with van der Waals surface area (Å²) in [5, 5.41) is 6.42. The Morgan fingerprint density at radius 3 is 2.47 bits per heavy atom. The van der Waals surface area contributed by atoms with Gasteiger partial charge in [0.1, 0.15) is 0 Å². The summed E-state index contributed by atoms with van der Waals surface area (Å²) in [6.07, 6.45) is -3.67. The summed E-state index contributed by atoms with van der Waals surface area (Å²) < 4.78 is 37.8. The summed E-state index contributed by atoms with van der Waals surface area (Å²) >= 11 is 5.65. The summed E-state index contributed by atoms with van der Waals surface area (Å²) in [4.78, 5) is 0. The van der Waals surface area contributed by atoms with Crippen LogP contribution in [0.2, 0.25) is 5.02 Å². The molecule has 0 aliphatic rings. The topological polar surface area (TPSA) is 76.8 Å². The van der Waals surface area contributed by atoms with Crippen LogP contribution < -0.4 is 11.5 Å². The molecule has 0 bridgehead atoms. The number of benzene rings is 1. The molecule has 0 saturated carbocycles. The van der Waals surface area contributed by atoms with Gasteiger partial charge in [-0.15, -0.1) is 5.10 Å². The molecule has 4 nitrogen and oxygen atoms in total. The van der Waals surface area contributed by atoms with Gasteiger partial charge in [0.15, 0.2) is 0 Å². The van der Waals surface area contributed by atoms with Crippen LogP contribution in [0, 0.1) is 0 Å². The molecule has 1 rings (SSSR count). The van der Waals surface area contributed by atoms with E-state index in [-0.39, 0.29) is 16.5 Å². The lowest BCUT2D eigenvalue weighted by molar-refractivity contribution is -0.137. The fraction of sp³-hybridized carbons (Fsp3) is 0.111. The lowest BCUT2D eigenvalue weighted by Gasteiger charge is -2.10. The number of rotatable bonds is 2. The zero-order chi connectivity index (χ0) is 13.1. The van der Waals surface area contributed by atoms with Crippen molar-refractivity contribution >= 4 is 23.8 Å². The summed E-state index contributed by atoms with van der Waals surface area (Å²) in [6, 6.07) is 3.40. The SMILES string of the molecule is NC(N)=N/N=C/c1c(Cl)cccc1C(F)(F)F. The van der Waals surface area contributed by atoms with Crippen LogP contribution in [0.25, 0.3) is 0 Å². The van der Waals surface area contributed by atoms with Crippen LogP contribution in [0.3, 0.4) is 0 Å². The van der Waals surface area contributed by atoms with Crippen molar-refractivity contribution in [2.75, 3.05) is 0 Å². The van der Waals surface area contributed by atoms with Crippen molar-refractivity contribution in [3.8, 4) is 0 Å². The third-order valence-corrected chi connectivity index (χ3v) is 2.05. The van der Waals surface area contributed by atoms with Crippen LogP contribution in [-0.2, 0) is 6.18 Å². The Balaban J connectivity index is 3.22. The second-order valence-corrected chi connectivity index (χ2v) is 3.38. The van der Waals surface area contributed by atoms with E-state index in [9.17, 15) is 13.2 Å². The van der Waals surface area contributed by atoms with Crippen molar-refractivity contribution in [1.29, 1.82) is 0 Å². The molecular formula is C9H8ClF3N4. The molecule has 0 amide bonds. The average Bonchev–Trinajstić information content (AvgIpc) is 2.18. The molecular weight excluding hydrogens is 257 g/mol. The fourth-order valence-corrected chi connectivity index (χ4v) is 1.29. The third-order valence-electron chi connectivity index (χ3n) is 1.72. The van der Waals surface area contributed by atoms with Crippen LogP contribution in [0.1, 0.15) is 11.1 Å². The molecule has 0 heterocycles. The average molecular weight is 265 g/mol. The van der Waals surface area contributed by atoms with Crippen molar-refractivity contribution in [3.05, 3.63) is 34.3 Å². The highest BCUT2D eigenvalue weighted by Gasteiger charge is 2.33. The van der Waals surface area contributed by atoms with Gasteiger partial charge in [-0.3, -0.25) is 0 Å². The Morgan fingerprint density at radius 1 is 1.29 bits per heavy atom. The highest BCUT2D eigenvalue weighted by molar-refractivity contribution is 6.33. The zero-order valence-corrected chi connectivity index (χ0v) is 9.13. The summed E-state index contributed by atoms with van der Waals surface area (Å²) in [5.74, 6) is -0.359. The van der Waals surface area contributed by atoms with E-state index in [0.29, 0.717) is 0 Å². The van der Waals surface area contributed by atoms with Crippen molar-refractivity contribution in [3.63, 3.8) is 0 Å². The molecule has 0 aliphatic heterocycles. The molecule has 0 radical (unpaired) electrons. The van der Waals surface area contributed by atoms with E-state index in [1.54, 1.807) is 0 Å². The van der Waals surface area contributed by atoms with Gasteiger partial charge in [0, 0.05) is 5.56 Å². The summed E-state index contributed by atoms with van der Waals surface area (Å²) in [5.41, 5.74) is 8.77. The Morgan fingerprint density at radius 2 is 1.94 bits per heavy atom. The first-order chi connectivity index (χ1) is 7.82. The van der Waals surface area contributed by atoms with Crippen molar-refractivity contribution < 1.29 is 13.2 Å². The summed E-state index contributed by atoms with van der Waals surface area (Å²) in [7, 11) is 0. The quantitative estimate of drug-likeness (QED) is 0.487. The molecule has 0 unspecified atom stereocenters. The van der Waals surface area contributed by atoms with Gasteiger partial charge in [0.05, 0.1) is 16.8 Å². The van der Waals surface area contributed by atoms with E-state index in [2.05, 4.69) is 10.2 Å². The number of halogens is 4. The number of hydrogen-bond acceptors (Lipinski definition) is 2. The molecule has 0 saturated heterocycles. The van der Waals surface area contributed by atoms with E-state index < -0.39 is 11.7 Å². The van der Waals surface area contributed by atoms with E-state index in [1.807, 2.05) is 0 Å². The molecule has 0 aromatic heterocycles. The molecule has 0 fully saturated rings. The van der Waals surface area contributed by atoms with E-state index in [1.165, 1.54) is 12.1 Å². The van der Waals surface area contributed by atoms with Crippen LogP contribution >= 0.6 is 11.6 Å². The molecule has 1 aromatic rings. The van der Waals surface area contributed by atoms with Gasteiger partial charge in [-0.1, -0.05) is 17.7 Å². The van der Waals surface area contributed by atoms with Crippen molar-refractivity contribution in [1.82, 2.24) is 0 Å². The standard InChI is InChI=1S/C9H8ClF3N4/c10-7-3-1-2-6(9(11,12)13)5(7)4-16-17-8(14)15/h1-4H,(H4,14,15,17)/b16-4+. The van der Waals surface area contributed by atoms with E-state index in [4.69, 9.17) is 23.1 Å². The molecule has 4 N–H and O–H groups in total. The Hall–Kier alpha value is -1.76. The van der Waals surface area contributed by atoms with E-state index >= 15 is 0 Å². The van der Waals surface area contributed by atoms with Gasteiger partial charge >= 0.3 is 6.18 Å². The van der Waals surface area contributed by atoms with Crippen LogP contribution in [0.15, 0.2) is 28.4 Å². The molecule has 0 aliphatic carbocycles. The van der Waals surface area contributed by atoms with Gasteiger partial charge in [-0.05, 0) is 12.1 Å². The number of nitrogens with two attached hydrogens (primary N) is 2. The Bertz CT molecular complexity index is 464. The second-order valence-electron chi connectivity index (χ2n) is 2.97. The predicted molar refractivity (Wildman–Crippen MR) is 59.9 cm³/mol. The monoisotopic (exact) mass is 264 g/mol. The van der Waals surface area contributed by atoms with Crippen LogP contribution in [0.5, 0.6) is 0 Å². The van der Waals surface area contributed by atoms with Crippen molar-refractivity contribution in [2.24, 2.45) is 21.7 Å². The second kappa shape index (κ2) is 5.05. The van der Waals surface area contributed by atoms with Gasteiger partial charge in [0.25, 0.3) is 0 Å². The number of nitrogens with zero attached hydrogens (tertiary/aromatic N) is 2. The number of guanidine groups is 1.